The smallest absolute Gasteiger partial charge is 0.135 e. The first-order valence-electron chi connectivity index (χ1n) is 3.41. The molecule has 0 bridgehead atoms. The number of hydrogen-bond donors (Lipinski definition) is 1. The van der Waals surface area contributed by atoms with E-state index in [1.165, 1.54) is 0 Å². The number of rotatable bonds is 1. The topological polar surface area (TPSA) is 46.5 Å². The largest absolute Gasteiger partial charge is 0.331 e. The van der Waals surface area contributed by atoms with E-state index < -0.39 is 0 Å². The van der Waals surface area contributed by atoms with Gasteiger partial charge in [-0.1, -0.05) is 12.2 Å². The first kappa shape index (κ1) is 7.17. The van der Waals surface area contributed by atoms with Crippen molar-refractivity contribution < 1.29 is 0 Å². The quantitative estimate of drug-likeness (QED) is 0.670. The minimum atomic E-state index is 0.555. The van der Waals surface area contributed by atoms with Crippen molar-refractivity contribution in [3.8, 4) is 5.82 Å². The van der Waals surface area contributed by atoms with Crippen molar-refractivity contribution in [3.63, 3.8) is 0 Å². The molecule has 0 amide bonds. The number of nitrogens with one attached hydrogen (secondary N) is 1. The SMILES string of the molecule is S=c1cc(-n2cccn2)[nH]cn1. The van der Waals surface area contributed by atoms with Crippen LogP contribution in [-0.4, -0.2) is 19.7 Å². The van der Waals surface area contributed by atoms with Gasteiger partial charge in [-0.3, -0.25) is 0 Å². The first-order valence-corrected chi connectivity index (χ1v) is 3.82. The normalized spacial score (nSPS) is 10.0. The lowest BCUT2D eigenvalue weighted by molar-refractivity contribution is 0.838. The van der Waals surface area contributed by atoms with Gasteiger partial charge >= 0.3 is 0 Å². The number of aromatic amines is 1. The average Bonchev–Trinajstić information content (AvgIpc) is 2.56. The first-order chi connectivity index (χ1) is 5.86. The van der Waals surface area contributed by atoms with Crippen molar-refractivity contribution in [2.24, 2.45) is 0 Å². The zero-order valence-corrected chi connectivity index (χ0v) is 6.95. The Kier molecular flexibility index (Phi) is 1.71. The molecule has 2 heterocycles. The van der Waals surface area contributed by atoms with Crippen LogP contribution in [0.5, 0.6) is 0 Å². The molecule has 1 N–H and O–H groups in total. The third-order valence-electron chi connectivity index (χ3n) is 1.42. The average molecular weight is 178 g/mol. The molecule has 12 heavy (non-hydrogen) atoms. The van der Waals surface area contributed by atoms with Crippen LogP contribution in [0.4, 0.5) is 0 Å². The predicted octanol–water partition coefficient (Wildman–Crippen LogP) is 1.32. The van der Waals surface area contributed by atoms with Crippen molar-refractivity contribution >= 4 is 12.2 Å². The highest BCUT2D eigenvalue weighted by atomic mass is 32.1. The van der Waals surface area contributed by atoms with Crippen molar-refractivity contribution in [1.82, 2.24) is 19.7 Å². The number of nitrogens with zero attached hydrogens (tertiary/aromatic N) is 3. The Balaban J connectivity index is 2.55. The van der Waals surface area contributed by atoms with E-state index in [1.54, 1.807) is 23.3 Å². The lowest BCUT2D eigenvalue weighted by Crippen LogP contribution is -1.97. The van der Waals surface area contributed by atoms with E-state index in [0.29, 0.717) is 4.64 Å². The second kappa shape index (κ2) is 2.86. The lowest BCUT2D eigenvalue weighted by Gasteiger charge is -1.98. The molecule has 60 valence electrons. The second-order valence-electron chi connectivity index (χ2n) is 2.22. The van der Waals surface area contributed by atoms with Crippen molar-refractivity contribution in [2.45, 2.75) is 0 Å². The molecular weight excluding hydrogens is 172 g/mol. The van der Waals surface area contributed by atoms with E-state index in [-0.39, 0.29) is 0 Å². The molecule has 5 heteroatoms. The molecule has 4 nitrogen and oxygen atoms in total. The van der Waals surface area contributed by atoms with Gasteiger partial charge in [0.2, 0.25) is 0 Å². The summed E-state index contributed by atoms with van der Waals surface area (Å²) >= 11 is 4.90. The highest BCUT2D eigenvalue weighted by molar-refractivity contribution is 7.71. The number of H-pyrrole nitrogens is 1. The maximum absolute atomic E-state index is 4.90. The van der Waals surface area contributed by atoms with Gasteiger partial charge in [-0.05, 0) is 6.07 Å². The summed E-state index contributed by atoms with van der Waals surface area (Å²) in [6.07, 6.45) is 5.09. The predicted molar refractivity (Wildman–Crippen MR) is 46.5 cm³/mol. The third kappa shape index (κ3) is 1.26. The van der Waals surface area contributed by atoms with Crippen molar-refractivity contribution in [1.29, 1.82) is 0 Å². The van der Waals surface area contributed by atoms with Gasteiger partial charge < -0.3 is 4.98 Å². The van der Waals surface area contributed by atoms with E-state index >= 15 is 0 Å². The Labute approximate surface area is 73.9 Å². The van der Waals surface area contributed by atoms with Gasteiger partial charge in [0.15, 0.2) is 0 Å². The highest BCUT2D eigenvalue weighted by Gasteiger charge is 1.93. The molecule has 0 saturated heterocycles. The van der Waals surface area contributed by atoms with Crippen molar-refractivity contribution in [2.75, 3.05) is 0 Å². The second-order valence-corrected chi connectivity index (χ2v) is 2.64. The van der Waals surface area contributed by atoms with Crippen LogP contribution in [0.15, 0.2) is 30.9 Å². The van der Waals surface area contributed by atoms with Gasteiger partial charge in [0.05, 0.1) is 6.33 Å². The van der Waals surface area contributed by atoms with E-state index in [9.17, 15) is 0 Å². The summed E-state index contributed by atoms with van der Waals surface area (Å²) in [7, 11) is 0. The van der Waals surface area contributed by atoms with E-state index in [4.69, 9.17) is 12.2 Å². The zero-order valence-electron chi connectivity index (χ0n) is 6.14. The van der Waals surface area contributed by atoms with E-state index in [0.717, 1.165) is 5.82 Å². The fourth-order valence-corrected chi connectivity index (χ4v) is 1.07. The van der Waals surface area contributed by atoms with Crippen LogP contribution in [0.25, 0.3) is 5.82 Å². The fourth-order valence-electron chi connectivity index (χ4n) is 0.902. The molecule has 2 aromatic heterocycles. The Hall–Kier alpha value is -1.49. The van der Waals surface area contributed by atoms with Gasteiger partial charge in [-0.2, -0.15) is 5.10 Å². The molecule has 0 unspecified atom stereocenters. The molecule has 2 aromatic rings. The molecule has 0 fully saturated rings. The molecule has 0 spiro atoms. The van der Waals surface area contributed by atoms with Crippen LogP contribution in [-0.2, 0) is 0 Å². The standard InChI is InChI=1S/C7H6N4S/c12-7-4-6(8-5-9-7)11-3-1-2-10-11/h1-5H,(H,8,9,12). The van der Waals surface area contributed by atoms with Crippen LogP contribution in [0, 0.1) is 4.64 Å². The van der Waals surface area contributed by atoms with Gasteiger partial charge in [0, 0.05) is 18.5 Å². The van der Waals surface area contributed by atoms with E-state index in [1.807, 2.05) is 12.3 Å². The van der Waals surface area contributed by atoms with E-state index in [2.05, 4.69) is 15.1 Å². The molecule has 2 rings (SSSR count). The Morgan fingerprint density at radius 2 is 2.42 bits per heavy atom. The summed E-state index contributed by atoms with van der Waals surface area (Å²) in [6.45, 7) is 0. The summed E-state index contributed by atoms with van der Waals surface area (Å²) in [5.41, 5.74) is 0. The number of aromatic nitrogens is 4. The van der Waals surface area contributed by atoms with Gasteiger partial charge in [0.25, 0.3) is 0 Å². The van der Waals surface area contributed by atoms with Crippen LogP contribution >= 0.6 is 12.2 Å². The minimum Gasteiger partial charge on any atom is -0.331 e. The zero-order chi connectivity index (χ0) is 8.39. The fraction of sp³-hybridized carbons (Fsp3) is 0. The van der Waals surface area contributed by atoms with Gasteiger partial charge in [-0.25, -0.2) is 9.67 Å². The van der Waals surface area contributed by atoms with Crippen LogP contribution in [0.1, 0.15) is 0 Å². The summed E-state index contributed by atoms with van der Waals surface area (Å²) in [6, 6.07) is 3.60. The lowest BCUT2D eigenvalue weighted by atomic mass is 10.6. The van der Waals surface area contributed by atoms with Crippen LogP contribution < -0.4 is 0 Å². The molecule has 0 aliphatic heterocycles. The summed E-state index contributed by atoms with van der Waals surface area (Å²) in [5.74, 6) is 0.819. The highest BCUT2D eigenvalue weighted by Crippen LogP contribution is 1.99. The van der Waals surface area contributed by atoms with Crippen LogP contribution in [0.3, 0.4) is 0 Å². The molecule has 0 aliphatic carbocycles. The van der Waals surface area contributed by atoms with Crippen LogP contribution in [0.2, 0.25) is 0 Å². The van der Waals surface area contributed by atoms with Crippen molar-refractivity contribution in [3.05, 3.63) is 35.5 Å². The minimum absolute atomic E-state index is 0.555. The molecule has 0 aliphatic rings. The molecular formula is C7H6N4S. The maximum atomic E-state index is 4.90. The maximum Gasteiger partial charge on any atom is 0.135 e. The molecule has 0 aromatic carbocycles. The molecule has 0 atom stereocenters. The number of hydrogen-bond acceptors (Lipinski definition) is 3. The molecule has 0 saturated carbocycles. The summed E-state index contributed by atoms with van der Waals surface area (Å²) in [4.78, 5) is 6.80. The van der Waals surface area contributed by atoms with Gasteiger partial charge in [0.1, 0.15) is 10.5 Å². The monoisotopic (exact) mass is 178 g/mol. The summed E-state index contributed by atoms with van der Waals surface area (Å²) < 4.78 is 2.25. The summed E-state index contributed by atoms with van der Waals surface area (Å²) in [5, 5.41) is 4.04. The Morgan fingerprint density at radius 3 is 3.08 bits per heavy atom. The third-order valence-corrected chi connectivity index (χ3v) is 1.64. The molecule has 0 radical (unpaired) electrons. The Bertz CT molecular complexity index is 417. The Morgan fingerprint density at radius 1 is 1.50 bits per heavy atom. The van der Waals surface area contributed by atoms with Gasteiger partial charge in [-0.15, -0.1) is 0 Å².